The van der Waals surface area contributed by atoms with Crippen molar-refractivity contribution in [2.45, 2.75) is 11.4 Å². The van der Waals surface area contributed by atoms with Crippen LogP contribution in [0.25, 0.3) is 0 Å². The van der Waals surface area contributed by atoms with Crippen LogP contribution < -0.4 is 14.2 Å². The first-order valence-corrected chi connectivity index (χ1v) is 8.53. The van der Waals surface area contributed by atoms with E-state index in [1.165, 1.54) is 18.2 Å². The molecule has 3 rings (SSSR count). The van der Waals surface area contributed by atoms with Crippen LogP contribution in [0.1, 0.15) is 5.56 Å². The number of benzene rings is 2. The summed E-state index contributed by atoms with van der Waals surface area (Å²) in [5, 5.41) is 0.490. The molecule has 1 aliphatic rings. The van der Waals surface area contributed by atoms with E-state index in [4.69, 9.17) is 32.7 Å². The molecule has 5 nitrogen and oxygen atoms in total. The number of sulfonamides is 1. The molecule has 8 heteroatoms. The van der Waals surface area contributed by atoms with Crippen LogP contribution >= 0.6 is 23.2 Å². The maximum Gasteiger partial charge on any atom is 0.240 e. The molecule has 2 aromatic carbocycles. The van der Waals surface area contributed by atoms with Crippen LogP contribution in [0.5, 0.6) is 11.5 Å². The molecule has 0 saturated carbocycles. The molecule has 0 saturated heterocycles. The van der Waals surface area contributed by atoms with Gasteiger partial charge in [-0.1, -0.05) is 29.3 Å². The van der Waals surface area contributed by atoms with Gasteiger partial charge in [-0.3, -0.25) is 0 Å². The topological polar surface area (TPSA) is 64.6 Å². The average molecular weight is 360 g/mol. The minimum absolute atomic E-state index is 0.0580. The first kappa shape index (κ1) is 15.4. The Labute approximate surface area is 137 Å². The minimum atomic E-state index is -3.68. The van der Waals surface area contributed by atoms with Crippen LogP contribution in [0, 0.1) is 0 Å². The van der Waals surface area contributed by atoms with Crippen LogP contribution in [0.3, 0.4) is 0 Å². The lowest BCUT2D eigenvalue weighted by atomic mass is 10.2. The number of fused-ring (bicyclic) bond motifs is 1. The van der Waals surface area contributed by atoms with Crippen LogP contribution in [-0.2, 0) is 16.6 Å². The average Bonchev–Trinajstić information content (AvgIpc) is 2.95. The van der Waals surface area contributed by atoms with Crippen molar-refractivity contribution < 1.29 is 17.9 Å². The van der Waals surface area contributed by atoms with Crippen LogP contribution in [0.4, 0.5) is 0 Å². The number of nitrogens with one attached hydrogen (secondary N) is 1. The van der Waals surface area contributed by atoms with Gasteiger partial charge in [-0.25, -0.2) is 13.1 Å². The van der Waals surface area contributed by atoms with Crippen molar-refractivity contribution in [3.05, 3.63) is 52.0 Å². The van der Waals surface area contributed by atoms with E-state index >= 15 is 0 Å². The zero-order chi connectivity index (χ0) is 15.7. The Morgan fingerprint density at radius 2 is 1.77 bits per heavy atom. The fourth-order valence-electron chi connectivity index (χ4n) is 1.96. The molecular formula is C14H11Cl2NO4S. The monoisotopic (exact) mass is 359 g/mol. The SMILES string of the molecule is O=S(=O)(NCc1ccc2c(c1)OCO2)c1ccc(Cl)c(Cl)c1. The second-order valence-corrected chi connectivity index (χ2v) is 7.17. The van der Waals surface area contributed by atoms with Gasteiger partial charge in [-0.2, -0.15) is 0 Å². The van der Waals surface area contributed by atoms with Crippen molar-refractivity contribution in [1.29, 1.82) is 0 Å². The molecule has 1 N–H and O–H groups in total. The maximum absolute atomic E-state index is 12.2. The molecule has 0 fully saturated rings. The Balaban J connectivity index is 1.76. The Kier molecular flexibility index (Phi) is 4.18. The predicted molar refractivity (Wildman–Crippen MR) is 83.1 cm³/mol. The van der Waals surface area contributed by atoms with E-state index in [-0.39, 0.29) is 23.3 Å². The highest BCUT2D eigenvalue weighted by Crippen LogP contribution is 2.32. The molecule has 0 unspecified atom stereocenters. The summed E-state index contributed by atoms with van der Waals surface area (Å²) in [4.78, 5) is 0.0580. The summed E-state index contributed by atoms with van der Waals surface area (Å²) < 4.78 is 37.4. The number of rotatable bonds is 4. The maximum atomic E-state index is 12.2. The van der Waals surface area contributed by atoms with Crippen molar-refractivity contribution in [3.63, 3.8) is 0 Å². The third-order valence-corrected chi connectivity index (χ3v) is 5.24. The molecule has 1 heterocycles. The van der Waals surface area contributed by atoms with Gasteiger partial charge < -0.3 is 9.47 Å². The quantitative estimate of drug-likeness (QED) is 0.910. The second kappa shape index (κ2) is 5.96. The molecule has 0 spiro atoms. The van der Waals surface area contributed by atoms with E-state index in [2.05, 4.69) is 4.72 Å². The van der Waals surface area contributed by atoms with Gasteiger partial charge in [0, 0.05) is 6.54 Å². The number of ether oxygens (including phenoxy) is 2. The molecule has 0 aliphatic carbocycles. The second-order valence-electron chi connectivity index (χ2n) is 4.59. The standard InChI is InChI=1S/C14H11Cl2NO4S/c15-11-3-2-10(6-12(11)16)22(18,19)17-7-9-1-4-13-14(5-9)21-8-20-13/h1-6,17H,7-8H2. The molecule has 0 atom stereocenters. The van der Waals surface area contributed by atoms with Gasteiger partial charge in [-0.15, -0.1) is 0 Å². The van der Waals surface area contributed by atoms with E-state index in [1.54, 1.807) is 18.2 Å². The lowest BCUT2D eigenvalue weighted by molar-refractivity contribution is 0.174. The molecule has 0 aromatic heterocycles. The highest BCUT2D eigenvalue weighted by molar-refractivity contribution is 7.89. The number of halogens is 2. The molecule has 116 valence electrons. The predicted octanol–water partition coefficient (Wildman–Crippen LogP) is 3.20. The fourth-order valence-corrected chi connectivity index (χ4v) is 3.36. The van der Waals surface area contributed by atoms with Crippen LogP contribution in [-0.4, -0.2) is 15.2 Å². The Morgan fingerprint density at radius 1 is 1.00 bits per heavy atom. The molecule has 22 heavy (non-hydrogen) atoms. The van der Waals surface area contributed by atoms with Gasteiger partial charge in [0.25, 0.3) is 0 Å². The normalized spacial score (nSPS) is 13.4. The first-order chi connectivity index (χ1) is 10.5. The summed E-state index contributed by atoms with van der Waals surface area (Å²) in [6.45, 7) is 0.299. The lowest BCUT2D eigenvalue weighted by Crippen LogP contribution is -2.23. The zero-order valence-corrected chi connectivity index (χ0v) is 13.5. The van der Waals surface area contributed by atoms with Gasteiger partial charge in [0.05, 0.1) is 14.9 Å². The summed E-state index contributed by atoms with van der Waals surface area (Å²) in [6.07, 6.45) is 0. The van der Waals surface area contributed by atoms with Gasteiger partial charge in [0.15, 0.2) is 11.5 Å². The summed E-state index contributed by atoms with van der Waals surface area (Å²) in [5.74, 6) is 1.25. The van der Waals surface area contributed by atoms with Gasteiger partial charge >= 0.3 is 0 Å². The molecule has 0 radical (unpaired) electrons. The number of hydrogen-bond donors (Lipinski definition) is 1. The zero-order valence-electron chi connectivity index (χ0n) is 11.2. The highest BCUT2D eigenvalue weighted by Gasteiger charge is 2.17. The Bertz CT molecular complexity index is 824. The van der Waals surface area contributed by atoms with E-state index < -0.39 is 10.0 Å². The first-order valence-electron chi connectivity index (χ1n) is 6.29. The summed E-state index contributed by atoms with van der Waals surface area (Å²) in [6, 6.07) is 9.40. The molecule has 0 bridgehead atoms. The summed E-state index contributed by atoms with van der Waals surface area (Å²) in [5.41, 5.74) is 0.757. The van der Waals surface area contributed by atoms with Crippen LogP contribution in [0.15, 0.2) is 41.3 Å². The van der Waals surface area contributed by atoms with Gasteiger partial charge in [0.1, 0.15) is 0 Å². The van der Waals surface area contributed by atoms with E-state index in [1.807, 2.05) is 0 Å². The van der Waals surface area contributed by atoms with Gasteiger partial charge in [0.2, 0.25) is 16.8 Å². The van der Waals surface area contributed by atoms with Crippen molar-refractivity contribution >= 4 is 33.2 Å². The Morgan fingerprint density at radius 3 is 2.55 bits per heavy atom. The van der Waals surface area contributed by atoms with Crippen molar-refractivity contribution in [3.8, 4) is 11.5 Å². The van der Waals surface area contributed by atoms with Gasteiger partial charge in [-0.05, 0) is 35.9 Å². The highest BCUT2D eigenvalue weighted by atomic mass is 35.5. The van der Waals surface area contributed by atoms with Crippen molar-refractivity contribution in [2.24, 2.45) is 0 Å². The van der Waals surface area contributed by atoms with Crippen molar-refractivity contribution in [2.75, 3.05) is 6.79 Å². The lowest BCUT2D eigenvalue weighted by Gasteiger charge is -2.08. The largest absolute Gasteiger partial charge is 0.454 e. The fraction of sp³-hybridized carbons (Fsp3) is 0.143. The number of hydrogen-bond acceptors (Lipinski definition) is 4. The van der Waals surface area contributed by atoms with Crippen molar-refractivity contribution in [1.82, 2.24) is 4.72 Å². The molecule has 1 aliphatic heterocycles. The third-order valence-electron chi connectivity index (χ3n) is 3.10. The molecule has 0 amide bonds. The van der Waals surface area contributed by atoms with E-state index in [9.17, 15) is 8.42 Å². The molecular weight excluding hydrogens is 349 g/mol. The smallest absolute Gasteiger partial charge is 0.240 e. The summed E-state index contributed by atoms with van der Waals surface area (Å²) in [7, 11) is -3.68. The molecule has 2 aromatic rings. The van der Waals surface area contributed by atoms with E-state index in [0.29, 0.717) is 16.5 Å². The summed E-state index contributed by atoms with van der Waals surface area (Å²) >= 11 is 11.6. The van der Waals surface area contributed by atoms with Crippen LogP contribution in [0.2, 0.25) is 10.0 Å². The Hall–Kier alpha value is -1.47. The third kappa shape index (κ3) is 3.15. The minimum Gasteiger partial charge on any atom is -0.454 e. The van der Waals surface area contributed by atoms with E-state index in [0.717, 1.165) is 5.56 Å².